The molecule has 0 aromatic heterocycles. The van der Waals surface area contributed by atoms with Crippen LogP contribution >= 0.6 is 11.6 Å². The predicted molar refractivity (Wildman–Crippen MR) is 106 cm³/mol. The Morgan fingerprint density at radius 1 is 1.07 bits per heavy atom. The Labute approximate surface area is 163 Å². The van der Waals surface area contributed by atoms with Crippen LogP contribution in [0.4, 0.5) is 10.5 Å². The number of rotatable bonds is 2. The molecule has 2 aromatic carbocycles. The number of carbonyl (C=O) groups excluding carboxylic acids is 2. The van der Waals surface area contributed by atoms with Crippen LogP contribution in [0.1, 0.15) is 0 Å². The summed E-state index contributed by atoms with van der Waals surface area (Å²) in [5, 5.41) is 6.49. The van der Waals surface area contributed by atoms with Crippen LogP contribution in [0.15, 0.2) is 48.5 Å². The number of fused-ring (bicyclic) bond motifs is 1. The van der Waals surface area contributed by atoms with Gasteiger partial charge in [-0.25, -0.2) is 4.79 Å². The van der Waals surface area contributed by atoms with Crippen LogP contribution in [0.25, 0.3) is 11.1 Å². The average molecular weight is 385 g/mol. The molecule has 2 aromatic rings. The van der Waals surface area contributed by atoms with E-state index in [1.54, 1.807) is 4.90 Å². The van der Waals surface area contributed by atoms with Gasteiger partial charge in [0, 0.05) is 43.4 Å². The smallest absolute Gasteiger partial charge is 0.321 e. The van der Waals surface area contributed by atoms with Gasteiger partial charge >= 0.3 is 6.03 Å². The maximum absolute atomic E-state index is 12.7. The molecule has 2 heterocycles. The third kappa shape index (κ3) is 3.91. The maximum atomic E-state index is 12.7. The number of carbonyl (C=O) groups is 2. The Morgan fingerprint density at radius 3 is 2.67 bits per heavy atom. The maximum Gasteiger partial charge on any atom is 0.321 e. The van der Waals surface area contributed by atoms with E-state index in [2.05, 4.69) is 15.5 Å². The van der Waals surface area contributed by atoms with E-state index in [-0.39, 0.29) is 18.0 Å². The van der Waals surface area contributed by atoms with Crippen molar-refractivity contribution in [2.24, 2.45) is 0 Å². The highest BCUT2D eigenvalue weighted by molar-refractivity contribution is 6.30. The molecule has 2 fully saturated rings. The summed E-state index contributed by atoms with van der Waals surface area (Å²) in [5.41, 5.74) is 2.69. The third-order valence-corrected chi connectivity index (χ3v) is 5.29. The fraction of sp³-hybridized carbons (Fsp3) is 0.300. The zero-order valence-corrected chi connectivity index (χ0v) is 15.6. The first-order valence-electron chi connectivity index (χ1n) is 9.04. The summed E-state index contributed by atoms with van der Waals surface area (Å²) in [5.74, 6) is 0.00158. The van der Waals surface area contributed by atoms with Crippen LogP contribution < -0.4 is 10.6 Å². The van der Waals surface area contributed by atoms with Crippen molar-refractivity contribution in [1.29, 1.82) is 0 Å². The van der Waals surface area contributed by atoms with Crippen LogP contribution in [-0.2, 0) is 4.79 Å². The van der Waals surface area contributed by atoms with Gasteiger partial charge in [0.05, 0.1) is 0 Å². The number of piperazine rings is 2. The molecule has 2 saturated heterocycles. The molecule has 0 saturated carbocycles. The Kier molecular flexibility index (Phi) is 5.01. The monoisotopic (exact) mass is 384 g/mol. The van der Waals surface area contributed by atoms with Crippen molar-refractivity contribution in [3.8, 4) is 11.1 Å². The van der Waals surface area contributed by atoms with Crippen LogP contribution in [0.3, 0.4) is 0 Å². The van der Waals surface area contributed by atoms with Crippen molar-refractivity contribution in [1.82, 2.24) is 15.1 Å². The number of anilines is 1. The van der Waals surface area contributed by atoms with Gasteiger partial charge in [-0.05, 0) is 35.4 Å². The first-order valence-corrected chi connectivity index (χ1v) is 9.42. The van der Waals surface area contributed by atoms with Crippen LogP contribution in [-0.4, -0.2) is 60.5 Å². The first kappa shape index (κ1) is 17.8. The number of amides is 3. The number of nitrogens with zero attached hydrogens (tertiary/aromatic N) is 2. The van der Waals surface area contributed by atoms with Gasteiger partial charge < -0.3 is 15.5 Å². The molecule has 140 valence electrons. The minimum Gasteiger partial charge on any atom is -0.353 e. The Hall–Kier alpha value is -2.57. The van der Waals surface area contributed by atoms with E-state index in [1.165, 1.54) is 0 Å². The van der Waals surface area contributed by atoms with Gasteiger partial charge in [0.2, 0.25) is 5.91 Å². The highest BCUT2D eigenvalue weighted by Gasteiger charge is 2.36. The summed E-state index contributed by atoms with van der Waals surface area (Å²) in [6.45, 7) is 3.26. The van der Waals surface area contributed by atoms with Crippen LogP contribution in [0, 0.1) is 0 Å². The summed E-state index contributed by atoms with van der Waals surface area (Å²) >= 11 is 6.08. The molecule has 0 spiro atoms. The molecule has 27 heavy (non-hydrogen) atoms. The second kappa shape index (κ2) is 7.58. The number of hydrogen-bond acceptors (Lipinski definition) is 3. The molecule has 3 amide bonds. The lowest BCUT2D eigenvalue weighted by atomic mass is 10.1. The fourth-order valence-corrected chi connectivity index (χ4v) is 3.80. The van der Waals surface area contributed by atoms with E-state index in [9.17, 15) is 9.59 Å². The molecule has 0 unspecified atom stereocenters. The van der Waals surface area contributed by atoms with Gasteiger partial charge in [-0.3, -0.25) is 9.69 Å². The van der Waals surface area contributed by atoms with E-state index >= 15 is 0 Å². The quantitative estimate of drug-likeness (QED) is 0.836. The second-order valence-electron chi connectivity index (χ2n) is 6.81. The summed E-state index contributed by atoms with van der Waals surface area (Å²) in [7, 11) is 0. The minimum atomic E-state index is -0.254. The predicted octanol–water partition coefficient (Wildman–Crippen LogP) is 2.65. The van der Waals surface area contributed by atoms with Gasteiger partial charge in [-0.1, -0.05) is 35.9 Å². The van der Waals surface area contributed by atoms with Gasteiger partial charge in [0.15, 0.2) is 0 Å². The second-order valence-corrected chi connectivity index (χ2v) is 7.25. The lowest BCUT2D eigenvalue weighted by Crippen LogP contribution is -2.64. The SMILES string of the molecule is O=C1NCCN2CCN(C(=O)Nc3cccc(-c4cccc(Cl)c4)c3)C[C@H]12. The van der Waals surface area contributed by atoms with E-state index < -0.39 is 0 Å². The van der Waals surface area contributed by atoms with Gasteiger partial charge in [-0.2, -0.15) is 0 Å². The topological polar surface area (TPSA) is 64.7 Å². The van der Waals surface area contributed by atoms with E-state index in [0.717, 1.165) is 17.7 Å². The first-order chi connectivity index (χ1) is 13.1. The van der Waals surface area contributed by atoms with Crippen molar-refractivity contribution in [2.75, 3.05) is 38.0 Å². The molecule has 0 aliphatic carbocycles. The van der Waals surface area contributed by atoms with Gasteiger partial charge in [0.1, 0.15) is 6.04 Å². The summed E-state index contributed by atoms with van der Waals surface area (Å²) in [6.07, 6.45) is 0. The molecule has 2 N–H and O–H groups in total. The highest BCUT2D eigenvalue weighted by atomic mass is 35.5. The Bertz CT molecular complexity index is 873. The minimum absolute atomic E-state index is 0.00158. The number of hydrogen-bond donors (Lipinski definition) is 2. The fourth-order valence-electron chi connectivity index (χ4n) is 3.61. The van der Waals surface area contributed by atoms with Crippen molar-refractivity contribution in [3.63, 3.8) is 0 Å². The van der Waals surface area contributed by atoms with Gasteiger partial charge in [-0.15, -0.1) is 0 Å². The number of urea groups is 1. The molecule has 0 radical (unpaired) electrons. The van der Waals surface area contributed by atoms with E-state index in [1.807, 2.05) is 48.5 Å². The molecular weight excluding hydrogens is 364 g/mol. The molecule has 7 heteroatoms. The molecule has 2 aliphatic rings. The summed E-state index contributed by atoms with van der Waals surface area (Å²) in [4.78, 5) is 28.6. The van der Waals surface area contributed by atoms with Crippen molar-refractivity contribution in [3.05, 3.63) is 53.6 Å². The Morgan fingerprint density at radius 2 is 1.85 bits per heavy atom. The number of benzene rings is 2. The summed E-state index contributed by atoms with van der Waals surface area (Å²) in [6, 6.07) is 14.8. The zero-order valence-electron chi connectivity index (χ0n) is 14.8. The van der Waals surface area contributed by atoms with Crippen molar-refractivity contribution >= 4 is 29.2 Å². The Balaban J connectivity index is 1.45. The lowest BCUT2D eigenvalue weighted by molar-refractivity contribution is -0.131. The molecule has 2 aliphatic heterocycles. The van der Waals surface area contributed by atoms with Crippen LogP contribution in [0.2, 0.25) is 5.02 Å². The van der Waals surface area contributed by atoms with Crippen molar-refractivity contribution in [2.45, 2.75) is 6.04 Å². The lowest BCUT2D eigenvalue weighted by Gasteiger charge is -2.42. The highest BCUT2D eigenvalue weighted by Crippen LogP contribution is 2.25. The molecule has 6 nitrogen and oxygen atoms in total. The van der Waals surface area contributed by atoms with Gasteiger partial charge in [0.25, 0.3) is 0 Å². The van der Waals surface area contributed by atoms with E-state index in [4.69, 9.17) is 11.6 Å². The van der Waals surface area contributed by atoms with E-state index in [0.29, 0.717) is 36.9 Å². The molecule has 4 rings (SSSR count). The molecular formula is C20H21ClN4O2. The zero-order chi connectivity index (χ0) is 18.8. The largest absolute Gasteiger partial charge is 0.353 e. The standard InChI is InChI=1S/C20H21ClN4O2/c21-16-5-1-3-14(11-16)15-4-2-6-17(12-15)23-20(27)25-10-9-24-8-7-22-19(26)18(24)13-25/h1-6,11-12,18H,7-10,13H2,(H,22,26)(H,23,27)/t18-/m1/s1. The normalized spacial score (nSPS) is 20.0. The number of halogens is 1. The number of nitrogens with one attached hydrogen (secondary N) is 2. The average Bonchev–Trinajstić information content (AvgIpc) is 2.68. The third-order valence-electron chi connectivity index (χ3n) is 5.05. The molecule has 1 atom stereocenters. The van der Waals surface area contributed by atoms with Crippen LogP contribution in [0.5, 0.6) is 0 Å². The summed E-state index contributed by atoms with van der Waals surface area (Å²) < 4.78 is 0. The molecule has 0 bridgehead atoms. The van der Waals surface area contributed by atoms with Crippen molar-refractivity contribution < 1.29 is 9.59 Å².